The summed E-state index contributed by atoms with van der Waals surface area (Å²) >= 11 is 0. The van der Waals surface area contributed by atoms with Crippen molar-refractivity contribution in [2.75, 3.05) is 14.2 Å². The normalized spacial score (nSPS) is 26.1. The van der Waals surface area contributed by atoms with Gasteiger partial charge in [-0.1, -0.05) is 50.1 Å². The van der Waals surface area contributed by atoms with Crippen LogP contribution in [0.4, 0.5) is 0 Å². The Morgan fingerprint density at radius 3 is 2.00 bits per heavy atom. The van der Waals surface area contributed by atoms with Gasteiger partial charge in [-0.05, 0) is 19.3 Å². The fourth-order valence-corrected chi connectivity index (χ4v) is 2.93. The first kappa shape index (κ1) is 16.4. The number of methoxy groups -OCH3 is 2. The van der Waals surface area contributed by atoms with Crippen LogP contribution in [-0.4, -0.2) is 31.4 Å². The Hall–Kier alpha value is -0.610. The van der Waals surface area contributed by atoms with Gasteiger partial charge in [0.2, 0.25) is 0 Å². The average molecular weight is 271 g/mol. The zero-order valence-electron chi connectivity index (χ0n) is 12.4. The van der Waals surface area contributed by atoms with Crippen molar-refractivity contribution >= 4 is 5.71 Å². The number of nitrogens with zero attached hydrogens (tertiary/aromatic N) is 1. The molecule has 112 valence electrons. The summed E-state index contributed by atoms with van der Waals surface area (Å²) in [7, 11) is 3.30. The molecule has 0 aliphatic heterocycles. The third kappa shape index (κ3) is 5.91. The van der Waals surface area contributed by atoms with E-state index in [2.05, 4.69) is 5.16 Å². The number of ether oxygens (including phenoxy) is 2. The van der Waals surface area contributed by atoms with E-state index in [1.807, 2.05) is 0 Å². The number of hydrogen-bond acceptors (Lipinski definition) is 4. The summed E-state index contributed by atoms with van der Waals surface area (Å²) in [5.74, 6) is 0.0828. The van der Waals surface area contributed by atoms with Gasteiger partial charge in [-0.25, -0.2) is 0 Å². The highest BCUT2D eigenvalue weighted by Gasteiger charge is 2.26. The Bertz CT molecular complexity index is 252. The fourth-order valence-electron chi connectivity index (χ4n) is 2.93. The van der Waals surface area contributed by atoms with Gasteiger partial charge in [-0.2, -0.15) is 0 Å². The minimum absolute atomic E-state index is 0.0828. The maximum Gasteiger partial charge on any atom is 0.164 e. The van der Waals surface area contributed by atoms with Crippen molar-refractivity contribution in [3.63, 3.8) is 0 Å². The number of oxime groups is 1. The van der Waals surface area contributed by atoms with Gasteiger partial charge in [0.1, 0.15) is 0 Å². The number of rotatable bonds is 3. The third-order valence-electron chi connectivity index (χ3n) is 4.05. The summed E-state index contributed by atoms with van der Waals surface area (Å²) in [4.78, 5) is 0. The van der Waals surface area contributed by atoms with Crippen LogP contribution in [0.3, 0.4) is 0 Å². The van der Waals surface area contributed by atoms with Crippen molar-refractivity contribution in [2.45, 2.75) is 70.5 Å². The molecule has 1 aliphatic carbocycles. The highest BCUT2D eigenvalue weighted by atomic mass is 16.7. The Labute approximate surface area is 117 Å². The van der Waals surface area contributed by atoms with Crippen LogP contribution < -0.4 is 0 Å². The van der Waals surface area contributed by atoms with E-state index in [4.69, 9.17) is 9.47 Å². The van der Waals surface area contributed by atoms with Crippen molar-refractivity contribution < 1.29 is 14.7 Å². The molecule has 0 amide bonds. The Kier molecular flexibility index (Phi) is 8.84. The van der Waals surface area contributed by atoms with E-state index in [0.717, 1.165) is 31.4 Å². The molecular formula is C15H29NO3. The summed E-state index contributed by atoms with van der Waals surface area (Å²) in [6.45, 7) is 0. The van der Waals surface area contributed by atoms with Crippen molar-refractivity contribution in [2.24, 2.45) is 11.1 Å². The van der Waals surface area contributed by atoms with Gasteiger partial charge in [0.15, 0.2) is 6.29 Å². The predicted octanol–water partition coefficient (Wildman–Crippen LogP) is 3.97. The molecule has 1 saturated carbocycles. The molecule has 1 rings (SSSR count). The van der Waals surface area contributed by atoms with Gasteiger partial charge in [0.25, 0.3) is 0 Å². The summed E-state index contributed by atoms with van der Waals surface area (Å²) in [5, 5.41) is 12.8. The van der Waals surface area contributed by atoms with Crippen molar-refractivity contribution in [3.05, 3.63) is 0 Å². The van der Waals surface area contributed by atoms with Crippen molar-refractivity contribution in [3.8, 4) is 0 Å². The van der Waals surface area contributed by atoms with Crippen LogP contribution in [0.15, 0.2) is 5.16 Å². The monoisotopic (exact) mass is 271 g/mol. The third-order valence-corrected chi connectivity index (χ3v) is 4.05. The SMILES string of the molecule is COC(OC)C1CCCCCCCCCC/C1=N\O. The van der Waals surface area contributed by atoms with E-state index in [0.29, 0.717) is 0 Å². The molecule has 0 heterocycles. The molecule has 19 heavy (non-hydrogen) atoms. The molecule has 1 aliphatic rings. The molecule has 4 heteroatoms. The second-order valence-corrected chi connectivity index (χ2v) is 5.40. The molecule has 0 aromatic carbocycles. The molecule has 0 aromatic rings. The minimum Gasteiger partial charge on any atom is -0.411 e. The van der Waals surface area contributed by atoms with Gasteiger partial charge in [0.05, 0.1) is 11.6 Å². The fraction of sp³-hybridized carbons (Fsp3) is 0.933. The maximum absolute atomic E-state index is 9.28. The van der Waals surface area contributed by atoms with E-state index in [1.165, 1.54) is 38.5 Å². The lowest BCUT2D eigenvalue weighted by molar-refractivity contribution is -0.124. The quantitative estimate of drug-likeness (QED) is 0.480. The van der Waals surface area contributed by atoms with Crippen LogP contribution in [0.5, 0.6) is 0 Å². The topological polar surface area (TPSA) is 51.0 Å². The highest BCUT2D eigenvalue weighted by molar-refractivity contribution is 5.86. The van der Waals surface area contributed by atoms with Crippen LogP contribution in [-0.2, 0) is 9.47 Å². The van der Waals surface area contributed by atoms with Gasteiger partial charge in [-0.15, -0.1) is 0 Å². The lowest BCUT2D eigenvalue weighted by atomic mass is 9.90. The molecule has 0 bridgehead atoms. The van der Waals surface area contributed by atoms with Crippen LogP contribution in [0.25, 0.3) is 0 Å². The summed E-state index contributed by atoms with van der Waals surface area (Å²) in [6.07, 6.45) is 11.5. The van der Waals surface area contributed by atoms with Gasteiger partial charge in [-0.3, -0.25) is 0 Å². The van der Waals surface area contributed by atoms with Gasteiger partial charge < -0.3 is 14.7 Å². The molecule has 0 saturated heterocycles. The van der Waals surface area contributed by atoms with Gasteiger partial charge in [0, 0.05) is 14.2 Å². The first-order chi connectivity index (χ1) is 9.33. The second kappa shape index (κ2) is 10.2. The average Bonchev–Trinajstić information content (AvgIpc) is 2.42. The Morgan fingerprint density at radius 2 is 1.47 bits per heavy atom. The molecule has 0 spiro atoms. The molecule has 4 nitrogen and oxygen atoms in total. The predicted molar refractivity (Wildman–Crippen MR) is 76.7 cm³/mol. The summed E-state index contributed by atoms with van der Waals surface area (Å²) in [5.41, 5.74) is 0.842. The first-order valence-electron chi connectivity index (χ1n) is 7.60. The van der Waals surface area contributed by atoms with E-state index >= 15 is 0 Å². The molecule has 1 atom stereocenters. The Balaban J connectivity index is 2.66. The van der Waals surface area contributed by atoms with Crippen LogP contribution in [0.2, 0.25) is 0 Å². The van der Waals surface area contributed by atoms with Gasteiger partial charge >= 0.3 is 0 Å². The van der Waals surface area contributed by atoms with E-state index in [9.17, 15) is 5.21 Å². The maximum atomic E-state index is 9.28. The van der Waals surface area contributed by atoms with Crippen molar-refractivity contribution in [1.29, 1.82) is 0 Å². The van der Waals surface area contributed by atoms with Crippen molar-refractivity contribution in [1.82, 2.24) is 0 Å². The first-order valence-corrected chi connectivity index (χ1v) is 7.60. The second-order valence-electron chi connectivity index (χ2n) is 5.40. The van der Waals surface area contributed by atoms with Crippen LogP contribution >= 0.6 is 0 Å². The number of hydrogen-bond donors (Lipinski definition) is 1. The highest BCUT2D eigenvalue weighted by Crippen LogP contribution is 2.23. The van der Waals surface area contributed by atoms with E-state index < -0.39 is 0 Å². The minimum atomic E-state index is -0.297. The molecule has 0 radical (unpaired) electrons. The van der Waals surface area contributed by atoms with Crippen LogP contribution in [0, 0.1) is 5.92 Å². The zero-order chi connectivity index (χ0) is 13.9. The Morgan fingerprint density at radius 1 is 0.947 bits per heavy atom. The molecule has 1 fully saturated rings. The largest absolute Gasteiger partial charge is 0.411 e. The summed E-state index contributed by atoms with van der Waals surface area (Å²) in [6, 6.07) is 0. The molecule has 0 aromatic heterocycles. The van der Waals surface area contributed by atoms with E-state index in [1.54, 1.807) is 14.2 Å². The molecule has 1 unspecified atom stereocenters. The van der Waals surface area contributed by atoms with E-state index in [-0.39, 0.29) is 12.2 Å². The molecule has 1 N–H and O–H groups in total. The molecular weight excluding hydrogens is 242 g/mol. The summed E-state index contributed by atoms with van der Waals surface area (Å²) < 4.78 is 10.8. The zero-order valence-corrected chi connectivity index (χ0v) is 12.4. The smallest absolute Gasteiger partial charge is 0.164 e. The standard InChI is InChI=1S/C15H29NO3/c1-18-15(19-2)13-11-9-7-5-3-4-6-8-10-12-14(13)16-17/h13,15,17H,3-12H2,1-2H3/b16-14+. The lowest BCUT2D eigenvalue weighted by Crippen LogP contribution is -2.31. The van der Waals surface area contributed by atoms with Crippen LogP contribution in [0.1, 0.15) is 64.2 Å². The lowest BCUT2D eigenvalue weighted by Gasteiger charge is -2.26.